The molecule has 1 aromatic heterocycles. The number of aliphatic hydroxyl groups is 1. The molecule has 0 radical (unpaired) electrons. The highest BCUT2D eigenvalue weighted by Crippen LogP contribution is 2.23. The molecule has 1 fully saturated rings. The fourth-order valence-electron chi connectivity index (χ4n) is 2.73. The Labute approximate surface area is 118 Å². The number of nitrogens with zero attached hydrogens (tertiary/aromatic N) is 3. The summed E-state index contributed by atoms with van der Waals surface area (Å²) in [6, 6.07) is 8.21. The zero-order valence-electron chi connectivity index (χ0n) is 11.6. The third-order valence-corrected chi connectivity index (χ3v) is 3.90. The van der Waals surface area contributed by atoms with Crippen molar-refractivity contribution < 1.29 is 9.63 Å². The Balaban J connectivity index is 1.76. The Kier molecular flexibility index (Phi) is 3.80. The first-order valence-electron chi connectivity index (χ1n) is 7.01. The van der Waals surface area contributed by atoms with Crippen LogP contribution in [-0.4, -0.2) is 39.3 Å². The quantitative estimate of drug-likeness (QED) is 0.923. The lowest BCUT2D eigenvalue weighted by Crippen LogP contribution is -2.31. The van der Waals surface area contributed by atoms with Gasteiger partial charge in [0.25, 0.3) is 5.89 Å². The summed E-state index contributed by atoms with van der Waals surface area (Å²) in [4.78, 5) is 6.69. The molecule has 0 saturated carbocycles. The number of rotatable bonds is 4. The standard InChI is InChI=1S/C15H19N3O2/c1-11-5-2-3-7-13(11)15-16-14(17-20-15)9-18-8-4-6-12(18)10-19/h2-3,5,7,12,19H,4,6,8-10H2,1H3/t12-/m1/s1. The van der Waals surface area contributed by atoms with Crippen LogP contribution in [0, 0.1) is 6.92 Å². The molecule has 1 aliphatic heterocycles. The molecule has 1 N–H and O–H groups in total. The molecule has 0 amide bonds. The SMILES string of the molecule is Cc1ccccc1-c1nc(CN2CCC[C@@H]2CO)no1. The van der Waals surface area contributed by atoms with Crippen LogP contribution in [-0.2, 0) is 6.54 Å². The van der Waals surface area contributed by atoms with Crippen molar-refractivity contribution in [3.8, 4) is 11.5 Å². The molecule has 1 saturated heterocycles. The minimum atomic E-state index is 0.197. The van der Waals surface area contributed by atoms with Gasteiger partial charge in [0.2, 0.25) is 0 Å². The van der Waals surface area contributed by atoms with E-state index in [0.29, 0.717) is 18.3 Å². The maximum atomic E-state index is 9.33. The van der Waals surface area contributed by atoms with Crippen LogP contribution in [0.5, 0.6) is 0 Å². The van der Waals surface area contributed by atoms with Crippen LogP contribution in [0.2, 0.25) is 0 Å². The summed E-state index contributed by atoms with van der Waals surface area (Å²) < 4.78 is 5.36. The average Bonchev–Trinajstić information content (AvgIpc) is 3.09. The van der Waals surface area contributed by atoms with Gasteiger partial charge in [-0.05, 0) is 37.9 Å². The number of likely N-dealkylation sites (tertiary alicyclic amines) is 1. The predicted octanol–water partition coefficient (Wildman–Crippen LogP) is 2.00. The van der Waals surface area contributed by atoms with Crippen LogP contribution in [0.4, 0.5) is 0 Å². The lowest BCUT2D eigenvalue weighted by atomic mass is 10.1. The molecule has 5 nitrogen and oxygen atoms in total. The normalized spacial score (nSPS) is 19.6. The van der Waals surface area contributed by atoms with Crippen LogP contribution < -0.4 is 0 Å². The predicted molar refractivity (Wildman–Crippen MR) is 75.0 cm³/mol. The van der Waals surface area contributed by atoms with Crippen molar-refractivity contribution in [1.82, 2.24) is 15.0 Å². The van der Waals surface area contributed by atoms with Gasteiger partial charge in [0.15, 0.2) is 5.82 Å². The van der Waals surface area contributed by atoms with E-state index in [1.807, 2.05) is 31.2 Å². The van der Waals surface area contributed by atoms with Crippen molar-refractivity contribution in [3.05, 3.63) is 35.7 Å². The molecule has 3 rings (SSSR count). The Morgan fingerprint density at radius 2 is 2.25 bits per heavy atom. The van der Waals surface area contributed by atoms with E-state index < -0.39 is 0 Å². The monoisotopic (exact) mass is 273 g/mol. The minimum absolute atomic E-state index is 0.197. The van der Waals surface area contributed by atoms with E-state index in [1.165, 1.54) is 0 Å². The van der Waals surface area contributed by atoms with Crippen molar-refractivity contribution in [3.63, 3.8) is 0 Å². The van der Waals surface area contributed by atoms with E-state index in [2.05, 4.69) is 15.0 Å². The van der Waals surface area contributed by atoms with E-state index in [-0.39, 0.29) is 12.6 Å². The third-order valence-electron chi connectivity index (χ3n) is 3.90. The van der Waals surface area contributed by atoms with Gasteiger partial charge < -0.3 is 9.63 Å². The molecular formula is C15H19N3O2. The molecule has 0 aliphatic carbocycles. The van der Waals surface area contributed by atoms with Crippen LogP contribution in [0.1, 0.15) is 24.2 Å². The van der Waals surface area contributed by atoms with Gasteiger partial charge in [0, 0.05) is 11.6 Å². The summed E-state index contributed by atoms with van der Waals surface area (Å²) in [6.45, 7) is 3.85. The van der Waals surface area contributed by atoms with Crippen LogP contribution in [0.3, 0.4) is 0 Å². The number of benzene rings is 1. The maximum absolute atomic E-state index is 9.33. The maximum Gasteiger partial charge on any atom is 0.258 e. The number of aryl methyl sites for hydroxylation is 1. The molecule has 1 aliphatic rings. The van der Waals surface area contributed by atoms with Crippen molar-refractivity contribution in [2.75, 3.05) is 13.2 Å². The van der Waals surface area contributed by atoms with Gasteiger partial charge in [0.1, 0.15) is 0 Å². The van der Waals surface area contributed by atoms with Gasteiger partial charge in [-0.2, -0.15) is 4.98 Å². The van der Waals surface area contributed by atoms with E-state index in [4.69, 9.17) is 4.52 Å². The summed E-state index contributed by atoms with van der Waals surface area (Å²) in [5.74, 6) is 1.25. The molecule has 2 heterocycles. The molecule has 0 unspecified atom stereocenters. The highest BCUT2D eigenvalue weighted by molar-refractivity contribution is 5.57. The van der Waals surface area contributed by atoms with E-state index in [9.17, 15) is 5.11 Å². The molecule has 0 bridgehead atoms. The summed E-state index contributed by atoms with van der Waals surface area (Å²) >= 11 is 0. The van der Waals surface area contributed by atoms with Gasteiger partial charge in [-0.1, -0.05) is 23.4 Å². The molecule has 1 atom stereocenters. The number of aliphatic hydroxyl groups excluding tert-OH is 1. The zero-order chi connectivity index (χ0) is 13.9. The van der Waals surface area contributed by atoms with E-state index >= 15 is 0 Å². The first kappa shape index (κ1) is 13.3. The molecule has 20 heavy (non-hydrogen) atoms. The number of hydrogen-bond acceptors (Lipinski definition) is 5. The molecule has 2 aromatic rings. The van der Waals surface area contributed by atoms with Crippen LogP contribution in [0.25, 0.3) is 11.5 Å². The fraction of sp³-hybridized carbons (Fsp3) is 0.467. The molecule has 5 heteroatoms. The molecule has 1 aromatic carbocycles. The van der Waals surface area contributed by atoms with E-state index in [0.717, 1.165) is 30.5 Å². The Bertz CT molecular complexity index is 582. The molecule has 106 valence electrons. The second kappa shape index (κ2) is 5.73. The first-order valence-corrected chi connectivity index (χ1v) is 7.01. The molecular weight excluding hydrogens is 254 g/mol. The number of hydrogen-bond donors (Lipinski definition) is 1. The summed E-state index contributed by atoms with van der Waals surface area (Å²) in [5, 5.41) is 13.4. The van der Waals surface area contributed by atoms with Gasteiger partial charge in [-0.25, -0.2) is 0 Å². The van der Waals surface area contributed by atoms with Crippen LogP contribution >= 0.6 is 0 Å². The van der Waals surface area contributed by atoms with Crippen molar-refractivity contribution in [1.29, 1.82) is 0 Å². The zero-order valence-corrected chi connectivity index (χ0v) is 11.6. The Morgan fingerprint density at radius 3 is 3.05 bits per heavy atom. The summed E-state index contributed by atoms with van der Waals surface area (Å²) in [7, 11) is 0. The Hall–Kier alpha value is -1.72. The van der Waals surface area contributed by atoms with E-state index in [1.54, 1.807) is 0 Å². The lowest BCUT2D eigenvalue weighted by Gasteiger charge is -2.20. The smallest absolute Gasteiger partial charge is 0.258 e. The second-order valence-electron chi connectivity index (χ2n) is 5.28. The van der Waals surface area contributed by atoms with Gasteiger partial charge in [-0.3, -0.25) is 4.90 Å². The summed E-state index contributed by atoms with van der Waals surface area (Å²) in [5.41, 5.74) is 2.10. The minimum Gasteiger partial charge on any atom is -0.395 e. The van der Waals surface area contributed by atoms with Gasteiger partial charge in [-0.15, -0.1) is 0 Å². The average molecular weight is 273 g/mol. The highest BCUT2D eigenvalue weighted by atomic mass is 16.5. The topological polar surface area (TPSA) is 62.4 Å². The summed E-state index contributed by atoms with van der Waals surface area (Å²) in [6.07, 6.45) is 2.16. The van der Waals surface area contributed by atoms with Crippen molar-refractivity contribution in [2.45, 2.75) is 32.4 Å². The largest absolute Gasteiger partial charge is 0.395 e. The van der Waals surface area contributed by atoms with Crippen molar-refractivity contribution in [2.24, 2.45) is 0 Å². The first-order chi connectivity index (χ1) is 9.78. The lowest BCUT2D eigenvalue weighted by molar-refractivity contribution is 0.150. The highest BCUT2D eigenvalue weighted by Gasteiger charge is 2.25. The van der Waals surface area contributed by atoms with Gasteiger partial charge in [0.05, 0.1) is 13.2 Å². The number of aromatic nitrogens is 2. The van der Waals surface area contributed by atoms with Gasteiger partial charge >= 0.3 is 0 Å². The van der Waals surface area contributed by atoms with Crippen LogP contribution in [0.15, 0.2) is 28.8 Å². The molecule has 0 spiro atoms. The second-order valence-corrected chi connectivity index (χ2v) is 5.28. The fourth-order valence-corrected chi connectivity index (χ4v) is 2.73. The Morgan fingerprint density at radius 1 is 1.40 bits per heavy atom. The third kappa shape index (κ3) is 2.59. The van der Waals surface area contributed by atoms with Crippen molar-refractivity contribution >= 4 is 0 Å².